The summed E-state index contributed by atoms with van der Waals surface area (Å²) < 4.78 is 44.1. The molecule has 122 valence electrons. The second-order valence-electron chi connectivity index (χ2n) is 5.76. The molecule has 25 heavy (non-hydrogen) atoms. The molecule has 3 heterocycles. The molecule has 0 amide bonds. The van der Waals surface area contributed by atoms with Gasteiger partial charge in [0, 0.05) is 10.9 Å². The molecule has 0 spiro atoms. The molecule has 0 saturated carbocycles. The molecule has 0 fully saturated rings. The van der Waals surface area contributed by atoms with Crippen LogP contribution in [0.2, 0.25) is 0 Å². The van der Waals surface area contributed by atoms with E-state index in [2.05, 4.69) is 15.1 Å². The number of rotatable bonds is 1. The number of benzene rings is 2. The van der Waals surface area contributed by atoms with Crippen LogP contribution in [0.1, 0.15) is 11.1 Å². The van der Waals surface area contributed by atoms with E-state index in [1.54, 1.807) is 6.08 Å². The molecule has 2 aromatic carbocycles. The van der Waals surface area contributed by atoms with Crippen molar-refractivity contribution < 1.29 is 13.2 Å². The Labute approximate surface area is 139 Å². The summed E-state index contributed by atoms with van der Waals surface area (Å²) in [5, 5.41) is 4.71. The van der Waals surface area contributed by atoms with E-state index >= 15 is 0 Å². The molecule has 0 N–H and O–H groups in total. The lowest BCUT2D eigenvalue weighted by atomic mass is 10.1. The van der Waals surface area contributed by atoms with Gasteiger partial charge in [0.05, 0.1) is 35.2 Å². The lowest BCUT2D eigenvalue weighted by Gasteiger charge is -2.09. The Bertz CT molecular complexity index is 1130. The first-order chi connectivity index (χ1) is 12.1. The normalized spacial score (nSPS) is 15.6. The zero-order chi connectivity index (χ0) is 17.1. The van der Waals surface area contributed by atoms with E-state index in [4.69, 9.17) is 0 Å². The summed E-state index contributed by atoms with van der Waals surface area (Å²) >= 11 is 0. The first-order valence-corrected chi connectivity index (χ1v) is 7.59. The van der Waals surface area contributed by atoms with Crippen LogP contribution in [0, 0.1) is 17.5 Å². The highest BCUT2D eigenvalue weighted by Gasteiger charge is 2.28. The van der Waals surface area contributed by atoms with Crippen molar-refractivity contribution in [1.82, 2.24) is 9.78 Å². The molecule has 0 saturated heterocycles. The van der Waals surface area contributed by atoms with E-state index in [0.29, 0.717) is 34.4 Å². The van der Waals surface area contributed by atoms with Crippen molar-refractivity contribution in [3.05, 3.63) is 76.9 Å². The molecule has 4 nitrogen and oxygen atoms in total. The second kappa shape index (κ2) is 4.89. The van der Waals surface area contributed by atoms with Crippen molar-refractivity contribution in [1.29, 1.82) is 0 Å². The SMILES string of the molecule is Fc1cc2c3c(cnn3C(c3c(F)cccc3F)=NC3=CCN=C32)c1. The van der Waals surface area contributed by atoms with E-state index in [9.17, 15) is 13.2 Å². The number of aromatic nitrogens is 2. The molecular formula is C18H9F3N4. The number of fused-ring (bicyclic) bond motifs is 2. The molecule has 7 heteroatoms. The Balaban J connectivity index is 1.93. The Morgan fingerprint density at radius 2 is 1.84 bits per heavy atom. The van der Waals surface area contributed by atoms with Crippen LogP contribution in [-0.2, 0) is 0 Å². The maximum absolute atomic E-state index is 14.4. The Morgan fingerprint density at radius 1 is 1.04 bits per heavy atom. The van der Waals surface area contributed by atoms with Crippen LogP contribution in [0.5, 0.6) is 0 Å². The fourth-order valence-electron chi connectivity index (χ4n) is 3.23. The quantitative estimate of drug-likeness (QED) is 0.670. The average molecular weight is 338 g/mol. The van der Waals surface area contributed by atoms with Gasteiger partial charge in [0.1, 0.15) is 17.5 Å². The topological polar surface area (TPSA) is 42.5 Å². The van der Waals surface area contributed by atoms with Gasteiger partial charge in [-0.1, -0.05) is 6.07 Å². The predicted octanol–water partition coefficient (Wildman–Crippen LogP) is 3.45. The van der Waals surface area contributed by atoms with Crippen molar-refractivity contribution in [2.24, 2.45) is 9.98 Å². The molecule has 2 aliphatic rings. The van der Waals surface area contributed by atoms with E-state index in [1.807, 2.05) is 0 Å². The third-order valence-electron chi connectivity index (χ3n) is 4.27. The third-order valence-corrected chi connectivity index (χ3v) is 4.27. The van der Waals surface area contributed by atoms with Crippen molar-refractivity contribution in [2.75, 3.05) is 6.54 Å². The summed E-state index contributed by atoms with van der Waals surface area (Å²) in [7, 11) is 0. The smallest absolute Gasteiger partial charge is 0.167 e. The minimum absolute atomic E-state index is 0.0109. The Kier molecular flexibility index (Phi) is 2.77. The number of nitrogens with zero attached hydrogens (tertiary/aromatic N) is 4. The van der Waals surface area contributed by atoms with E-state index in [1.165, 1.54) is 29.1 Å². The summed E-state index contributed by atoms with van der Waals surface area (Å²) in [6.07, 6.45) is 3.18. The van der Waals surface area contributed by atoms with Crippen LogP contribution in [-0.4, -0.2) is 27.9 Å². The average Bonchev–Trinajstić information content (AvgIpc) is 3.17. The lowest BCUT2D eigenvalue weighted by Crippen LogP contribution is -2.18. The van der Waals surface area contributed by atoms with E-state index in [-0.39, 0.29) is 11.4 Å². The van der Waals surface area contributed by atoms with Crippen LogP contribution in [0.15, 0.2) is 58.3 Å². The van der Waals surface area contributed by atoms with Crippen molar-refractivity contribution in [3.63, 3.8) is 0 Å². The van der Waals surface area contributed by atoms with E-state index in [0.717, 1.165) is 12.1 Å². The molecule has 0 aliphatic carbocycles. The minimum atomic E-state index is -0.745. The van der Waals surface area contributed by atoms with Crippen molar-refractivity contribution in [2.45, 2.75) is 0 Å². The highest BCUT2D eigenvalue weighted by molar-refractivity contribution is 6.24. The summed E-state index contributed by atoms with van der Waals surface area (Å²) in [4.78, 5) is 8.77. The first-order valence-electron chi connectivity index (χ1n) is 7.59. The highest BCUT2D eigenvalue weighted by Crippen LogP contribution is 2.30. The van der Waals surface area contributed by atoms with Crippen molar-refractivity contribution in [3.8, 4) is 0 Å². The molecule has 5 rings (SSSR count). The molecule has 0 radical (unpaired) electrons. The molecule has 3 aromatic rings. The maximum Gasteiger partial charge on any atom is 0.167 e. The van der Waals surface area contributed by atoms with Gasteiger partial charge in [0.25, 0.3) is 0 Å². The second-order valence-corrected chi connectivity index (χ2v) is 5.76. The lowest BCUT2D eigenvalue weighted by molar-refractivity contribution is 0.577. The maximum atomic E-state index is 14.4. The highest BCUT2D eigenvalue weighted by atomic mass is 19.1. The molecule has 2 aliphatic heterocycles. The molecule has 0 unspecified atom stereocenters. The predicted molar refractivity (Wildman–Crippen MR) is 87.5 cm³/mol. The van der Waals surface area contributed by atoms with Crippen LogP contribution < -0.4 is 0 Å². The molecular weight excluding hydrogens is 329 g/mol. The minimum Gasteiger partial charge on any atom is -0.278 e. The largest absolute Gasteiger partial charge is 0.278 e. The number of allylic oxidation sites excluding steroid dienone is 1. The number of hydrogen-bond acceptors (Lipinski definition) is 3. The monoisotopic (exact) mass is 338 g/mol. The van der Waals surface area contributed by atoms with Crippen molar-refractivity contribution >= 4 is 22.5 Å². The Morgan fingerprint density at radius 3 is 2.64 bits per heavy atom. The van der Waals surface area contributed by atoms with Crippen LogP contribution in [0.25, 0.3) is 10.9 Å². The fourth-order valence-corrected chi connectivity index (χ4v) is 3.23. The van der Waals surface area contributed by atoms with Gasteiger partial charge < -0.3 is 0 Å². The van der Waals surface area contributed by atoms with Crippen LogP contribution >= 0.6 is 0 Å². The third kappa shape index (κ3) is 1.92. The first kappa shape index (κ1) is 14.2. The fraction of sp³-hybridized carbons (Fsp3) is 0.0556. The van der Waals surface area contributed by atoms with Crippen LogP contribution in [0.4, 0.5) is 13.2 Å². The van der Waals surface area contributed by atoms with Gasteiger partial charge in [0.15, 0.2) is 5.84 Å². The Hall–Kier alpha value is -3.22. The van der Waals surface area contributed by atoms with Crippen LogP contribution in [0.3, 0.4) is 0 Å². The van der Waals surface area contributed by atoms with Gasteiger partial charge in [-0.05, 0) is 30.3 Å². The summed E-state index contributed by atoms with van der Waals surface area (Å²) in [6.45, 7) is 0.382. The van der Waals surface area contributed by atoms with Gasteiger partial charge in [-0.15, -0.1) is 0 Å². The van der Waals surface area contributed by atoms with Gasteiger partial charge >= 0.3 is 0 Å². The summed E-state index contributed by atoms with van der Waals surface area (Å²) in [5.74, 6) is -1.91. The van der Waals surface area contributed by atoms with Gasteiger partial charge in [0.2, 0.25) is 0 Å². The number of halogens is 3. The van der Waals surface area contributed by atoms with Gasteiger partial charge in [-0.25, -0.2) is 22.8 Å². The zero-order valence-electron chi connectivity index (χ0n) is 12.7. The molecule has 1 aromatic heterocycles. The molecule has 0 atom stereocenters. The van der Waals surface area contributed by atoms with Gasteiger partial charge in [-0.2, -0.15) is 5.10 Å². The van der Waals surface area contributed by atoms with Gasteiger partial charge in [-0.3, -0.25) is 4.99 Å². The number of hydrogen-bond donors (Lipinski definition) is 0. The number of aliphatic imine (C=N–C) groups is 2. The summed E-state index contributed by atoms with van der Waals surface area (Å²) in [6, 6.07) is 6.28. The summed E-state index contributed by atoms with van der Waals surface area (Å²) in [5.41, 5.74) is 1.70. The zero-order valence-corrected chi connectivity index (χ0v) is 12.7. The molecule has 0 bridgehead atoms. The van der Waals surface area contributed by atoms with E-state index < -0.39 is 17.5 Å². The standard InChI is InChI=1S/C18H9F3N4/c19-10-6-9-8-23-25-17(9)11(7-10)16-14(4-5-22-16)24-18(25)15-12(20)2-1-3-13(15)21/h1-4,6-8H,5H2.